The van der Waals surface area contributed by atoms with Crippen LogP contribution in [0.25, 0.3) is 32.9 Å². The van der Waals surface area contributed by atoms with Crippen molar-refractivity contribution in [2.45, 2.75) is 63.3 Å². The normalized spacial score (nSPS) is 28.2. The van der Waals surface area contributed by atoms with Gasteiger partial charge in [0.2, 0.25) is 0 Å². The number of alkyl halides is 1. The predicted molar refractivity (Wildman–Crippen MR) is 165 cm³/mol. The van der Waals surface area contributed by atoms with E-state index in [1.165, 1.54) is 0 Å². The molecule has 0 radical (unpaired) electrons. The topological polar surface area (TPSA) is 66.4 Å². The minimum atomic E-state index is -0.886. The zero-order valence-electron chi connectivity index (χ0n) is 24.4. The van der Waals surface area contributed by atoms with Crippen LogP contribution in [0.4, 0.5) is 14.6 Å². The van der Waals surface area contributed by atoms with E-state index in [1.807, 2.05) is 30.3 Å². The molecule has 2 aromatic carbocycles. The fourth-order valence-electron chi connectivity index (χ4n) is 8.30. The number of ether oxygens (including phenoxy) is 1. The van der Waals surface area contributed by atoms with Crippen molar-refractivity contribution in [3.05, 3.63) is 53.4 Å². The molecule has 6 heterocycles. The number of nitrogens with zero attached hydrogens (tertiary/aromatic N) is 5. The number of hydrogen-bond donors (Lipinski definition) is 1. The Bertz CT molecular complexity index is 1730. The molecule has 7 nitrogen and oxygen atoms in total. The molecule has 4 aromatic rings. The van der Waals surface area contributed by atoms with Crippen molar-refractivity contribution in [2.24, 2.45) is 5.41 Å². The number of piperazine rings is 1. The van der Waals surface area contributed by atoms with Gasteiger partial charge >= 0.3 is 6.01 Å². The molecule has 0 saturated carbocycles. The second kappa shape index (κ2) is 9.94. The molecule has 4 aliphatic rings. The van der Waals surface area contributed by atoms with E-state index in [2.05, 4.69) is 38.9 Å². The molecule has 4 aliphatic heterocycles. The number of pyridine rings is 1. The standard InChI is InChI=1S/C33H35ClF2N6O/c1-32(2)16-33(11-20(35)13-42(33)17-32)18-43-31-39-29-24(30(40-31)41-14-21-9-10-22(15-41)38-21)12-37-28(27(29)36)23-7-3-5-19-6-4-8-25(34)26(19)23/h3-8,12,20-22,38H,9-11,13-18H2,1-2H3/t20-,21?,22?,33-/m1/s1. The minimum Gasteiger partial charge on any atom is -0.461 e. The molecule has 0 amide bonds. The molecule has 4 fully saturated rings. The van der Waals surface area contributed by atoms with E-state index >= 15 is 4.39 Å². The third kappa shape index (κ3) is 4.62. The monoisotopic (exact) mass is 604 g/mol. The number of anilines is 1. The van der Waals surface area contributed by atoms with Crippen molar-refractivity contribution in [1.29, 1.82) is 0 Å². The summed E-state index contributed by atoms with van der Waals surface area (Å²) in [6, 6.07) is 12.1. The van der Waals surface area contributed by atoms with Crippen LogP contribution >= 0.6 is 11.6 Å². The summed E-state index contributed by atoms with van der Waals surface area (Å²) in [7, 11) is 0. The van der Waals surface area contributed by atoms with Crippen molar-refractivity contribution in [3.8, 4) is 17.3 Å². The van der Waals surface area contributed by atoms with Crippen LogP contribution in [0.2, 0.25) is 5.02 Å². The van der Waals surface area contributed by atoms with Crippen LogP contribution < -0.4 is 15.0 Å². The predicted octanol–water partition coefficient (Wildman–Crippen LogP) is 6.17. The Hall–Kier alpha value is -3.14. The molecule has 10 heteroatoms. The SMILES string of the molecule is CC1(C)CN2C[C@H](F)C[C@]2(COc2nc(N3CC4CCC(C3)N4)c3cnc(-c4cccc5cccc(Cl)c45)c(F)c3n2)C1. The number of aromatic nitrogens is 3. The van der Waals surface area contributed by atoms with E-state index in [1.54, 1.807) is 12.3 Å². The zero-order chi connectivity index (χ0) is 29.5. The molecule has 2 bridgehead atoms. The van der Waals surface area contributed by atoms with Gasteiger partial charge in [-0.05, 0) is 36.1 Å². The number of rotatable bonds is 5. The quantitative estimate of drug-likeness (QED) is 0.292. The fourth-order valence-corrected chi connectivity index (χ4v) is 8.58. The highest BCUT2D eigenvalue weighted by atomic mass is 35.5. The Morgan fingerprint density at radius 1 is 1.07 bits per heavy atom. The third-order valence-corrected chi connectivity index (χ3v) is 10.2. The second-order valence-electron chi connectivity index (χ2n) is 13.7. The van der Waals surface area contributed by atoms with Gasteiger partial charge in [0.15, 0.2) is 5.82 Å². The van der Waals surface area contributed by atoms with E-state index in [0.29, 0.717) is 46.8 Å². The maximum Gasteiger partial charge on any atom is 0.319 e. The number of halogens is 3. The van der Waals surface area contributed by atoms with Crippen molar-refractivity contribution in [1.82, 2.24) is 25.2 Å². The van der Waals surface area contributed by atoms with Crippen molar-refractivity contribution in [3.63, 3.8) is 0 Å². The van der Waals surface area contributed by atoms with Gasteiger partial charge in [-0.3, -0.25) is 9.88 Å². The molecular weight excluding hydrogens is 570 g/mol. The van der Waals surface area contributed by atoms with E-state index in [-0.39, 0.29) is 29.2 Å². The van der Waals surface area contributed by atoms with E-state index in [4.69, 9.17) is 21.3 Å². The summed E-state index contributed by atoms with van der Waals surface area (Å²) in [5.74, 6) is 0.0891. The van der Waals surface area contributed by atoms with Gasteiger partial charge in [0.1, 0.15) is 29.8 Å². The lowest BCUT2D eigenvalue weighted by Gasteiger charge is -2.34. The van der Waals surface area contributed by atoms with Gasteiger partial charge in [0, 0.05) is 66.9 Å². The lowest BCUT2D eigenvalue weighted by Crippen LogP contribution is -2.51. The molecular formula is C33H35ClF2N6O. The average molecular weight is 605 g/mol. The van der Waals surface area contributed by atoms with E-state index in [0.717, 1.165) is 49.7 Å². The summed E-state index contributed by atoms with van der Waals surface area (Å²) in [5.41, 5.74) is 0.590. The largest absolute Gasteiger partial charge is 0.461 e. The van der Waals surface area contributed by atoms with Crippen molar-refractivity contribution >= 4 is 39.1 Å². The summed E-state index contributed by atoms with van der Waals surface area (Å²) < 4.78 is 37.7. The van der Waals surface area contributed by atoms with Gasteiger partial charge in [0.05, 0.1) is 10.9 Å². The summed E-state index contributed by atoms with van der Waals surface area (Å²) in [5, 5.41) is 6.38. The summed E-state index contributed by atoms with van der Waals surface area (Å²) >= 11 is 6.61. The zero-order valence-corrected chi connectivity index (χ0v) is 25.2. The van der Waals surface area contributed by atoms with Crippen LogP contribution in [0, 0.1) is 11.2 Å². The maximum absolute atomic E-state index is 16.7. The van der Waals surface area contributed by atoms with Crippen LogP contribution in [0.5, 0.6) is 6.01 Å². The fraction of sp³-hybridized carbons (Fsp3) is 0.485. The lowest BCUT2D eigenvalue weighted by molar-refractivity contribution is 0.107. The molecule has 4 atom stereocenters. The number of benzene rings is 2. The Kier molecular flexibility index (Phi) is 6.34. The van der Waals surface area contributed by atoms with Gasteiger partial charge in [-0.2, -0.15) is 9.97 Å². The number of fused-ring (bicyclic) bond motifs is 5. The molecule has 8 rings (SSSR count). The minimum absolute atomic E-state index is 0.0609. The molecule has 2 aromatic heterocycles. The van der Waals surface area contributed by atoms with Gasteiger partial charge < -0.3 is 15.0 Å². The molecule has 2 unspecified atom stereocenters. The molecule has 43 heavy (non-hydrogen) atoms. The first-order valence-electron chi connectivity index (χ1n) is 15.2. The number of hydrogen-bond acceptors (Lipinski definition) is 7. The van der Waals surface area contributed by atoms with Crippen LogP contribution in [-0.2, 0) is 0 Å². The first-order chi connectivity index (χ1) is 20.7. The Labute approximate surface area is 254 Å². The smallest absolute Gasteiger partial charge is 0.319 e. The number of nitrogens with one attached hydrogen (secondary N) is 1. The van der Waals surface area contributed by atoms with Crippen molar-refractivity contribution in [2.75, 3.05) is 37.7 Å². The third-order valence-electron chi connectivity index (χ3n) is 9.86. The Balaban J connectivity index is 1.24. The van der Waals surface area contributed by atoms with Crippen LogP contribution in [-0.4, -0.2) is 76.4 Å². The first-order valence-corrected chi connectivity index (χ1v) is 15.6. The van der Waals surface area contributed by atoms with Gasteiger partial charge in [0.25, 0.3) is 0 Å². The highest BCUT2D eigenvalue weighted by molar-refractivity contribution is 6.36. The Morgan fingerprint density at radius 3 is 2.63 bits per heavy atom. The summed E-state index contributed by atoms with van der Waals surface area (Å²) in [4.78, 5) is 18.6. The second-order valence-corrected chi connectivity index (χ2v) is 14.1. The highest BCUT2D eigenvalue weighted by Crippen LogP contribution is 2.48. The van der Waals surface area contributed by atoms with E-state index < -0.39 is 17.5 Å². The molecule has 4 saturated heterocycles. The maximum atomic E-state index is 16.7. The molecule has 224 valence electrons. The molecule has 1 N–H and O–H groups in total. The van der Waals surface area contributed by atoms with Crippen LogP contribution in [0.1, 0.15) is 39.5 Å². The van der Waals surface area contributed by atoms with Crippen LogP contribution in [0.15, 0.2) is 42.6 Å². The summed E-state index contributed by atoms with van der Waals surface area (Å²) in [6.07, 6.45) is 4.24. The van der Waals surface area contributed by atoms with Gasteiger partial charge in [-0.25, -0.2) is 8.78 Å². The van der Waals surface area contributed by atoms with Gasteiger partial charge in [-0.1, -0.05) is 55.8 Å². The first kappa shape index (κ1) is 27.4. The molecule has 0 aliphatic carbocycles. The van der Waals surface area contributed by atoms with Crippen LogP contribution in [0.3, 0.4) is 0 Å². The Morgan fingerprint density at radius 2 is 1.84 bits per heavy atom. The van der Waals surface area contributed by atoms with Crippen molar-refractivity contribution < 1.29 is 13.5 Å². The highest BCUT2D eigenvalue weighted by Gasteiger charge is 2.55. The molecule has 0 spiro atoms. The lowest BCUT2D eigenvalue weighted by atomic mass is 9.82. The summed E-state index contributed by atoms with van der Waals surface area (Å²) in [6.45, 7) is 7.45. The van der Waals surface area contributed by atoms with E-state index in [9.17, 15) is 4.39 Å². The average Bonchev–Trinajstić information content (AvgIpc) is 3.55. The van der Waals surface area contributed by atoms with Gasteiger partial charge in [-0.15, -0.1) is 0 Å².